The number of esters is 1. The molecular weight excluding hydrogens is 334 g/mol. The van der Waals surface area contributed by atoms with E-state index in [-0.39, 0.29) is 12.6 Å². The summed E-state index contributed by atoms with van der Waals surface area (Å²) in [5.74, 6) is -0.456. The van der Waals surface area contributed by atoms with Gasteiger partial charge in [-0.25, -0.2) is 14.6 Å². The first-order chi connectivity index (χ1) is 12.6. The van der Waals surface area contributed by atoms with Crippen LogP contribution in [0.25, 0.3) is 5.65 Å². The second-order valence-corrected chi connectivity index (χ2v) is 5.72. The molecule has 134 valence electrons. The highest BCUT2D eigenvalue weighted by molar-refractivity contribution is 5.88. The Kier molecular flexibility index (Phi) is 5.17. The number of nitrogens with one attached hydrogen (secondary N) is 1. The Bertz CT molecular complexity index is 921. The zero-order chi connectivity index (χ0) is 18.5. The molecule has 7 nitrogen and oxygen atoms in total. The molecule has 0 saturated carbocycles. The van der Waals surface area contributed by atoms with E-state index in [9.17, 15) is 9.59 Å². The molecule has 1 N–H and O–H groups in total. The van der Waals surface area contributed by atoms with Crippen molar-refractivity contribution in [2.24, 2.45) is 0 Å². The van der Waals surface area contributed by atoms with Crippen molar-refractivity contribution in [2.45, 2.75) is 19.6 Å². The van der Waals surface area contributed by atoms with Gasteiger partial charge < -0.3 is 14.8 Å². The van der Waals surface area contributed by atoms with Gasteiger partial charge in [0.1, 0.15) is 17.9 Å². The minimum atomic E-state index is -0.536. The maximum atomic E-state index is 12.0. The summed E-state index contributed by atoms with van der Waals surface area (Å²) in [6, 6.07) is 14.2. The lowest BCUT2D eigenvalue weighted by Crippen LogP contribution is -2.27. The number of rotatable bonds is 5. The summed E-state index contributed by atoms with van der Waals surface area (Å²) in [5, 5.41) is 2.74. The van der Waals surface area contributed by atoms with Gasteiger partial charge in [-0.15, -0.1) is 0 Å². The van der Waals surface area contributed by atoms with Crippen molar-refractivity contribution in [1.82, 2.24) is 14.7 Å². The molecule has 1 amide bonds. The molecule has 0 aliphatic heterocycles. The van der Waals surface area contributed by atoms with Crippen LogP contribution in [0.2, 0.25) is 0 Å². The summed E-state index contributed by atoms with van der Waals surface area (Å²) in [4.78, 5) is 28.3. The Labute approximate surface area is 150 Å². The summed E-state index contributed by atoms with van der Waals surface area (Å²) >= 11 is 0. The fraction of sp³-hybridized carbons (Fsp3) is 0.211. The van der Waals surface area contributed by atoms with E-state index in [0.29, 0.717) is 17.0 Å². The minimum absolute atomic E-state index is 0.192. The van der Waals surface area contributed by atoms with Crippen molar-refractivity contribution in [3.8, 4) is 0 Å². The lowest BCUT2D eigenvalue weighted by Gasteiger charge is -2.11. The average Bonchev–Trinajstić information content (AvgIpc) is 3.11. The number of aromatic nitrogens is 2. The van der Waals surface area contributed by atoms with Crippen molar-refractivity contribution >= 4 is 17.7 Å². The normalized spacial score (nSPS) is 11.8. The predicted octanol–water partition coefficient (Wildman–Crippen LogP) is 3.11. The smallest absolute Gasteiger partial charge is 0.407 e. The van der Waals surface area contributed by atoms with E-state index in [1.54, 1.807) is 35.7 Å². The number of pyridine rings is 1. The fourth-order valence-corrected chi connectivity index (χ4v) is 2.52. The van der Waals surface area contributed by atoms with Gasteiger partial charge in [-0.2, -0.15) is 0 Å². The van der Waals surface area contributed by atoms with Crippen molar-refractivity contribution in [3.05, 3.63) is 71.7 Å². The molecule has 0 saturated heterocycles. The molecule has 3 rings (SSSR count). The summed E-state index contributed by atoms with van der Waals surface area (Å²) < 4.78 is 11.6. The topological polar surface area (TPSA) is 81.9 Å². The quantitative estimate of drug-likeness (QED) is 0.713. The molecule has 1 atom stereocenters. The van der Waals surface area contributed by atoms with E-state index in [1.807, 2.05) is 30.3 Å². The van der Waals surface area contributed by atoms with Gasteiger partial charge in [-0.05, 0) is 24.6 Å². The lowest BCUT2D eigenvalue weighted by molar-refractivity contribution is 0.0592. The first-order valence-corrected chi connectivity index (χ1v) is 8.12. The highest BCUT2D eigenvalue weighted by atomic mass is 16.5. The third-order valence-corrected chi connectivity index (χ3v) is 3.90. The van der Waals surface area contributed by atoms with Gasteiger partial charge in [0.05, 0.1) is 18.8 Å². The molecule has 0 unspecified atom stereocenters. The molecule has 1 aromatic carbocycles. The summed E-state index contributed by atoms with van der Waals surface area (Å²) in [7, 11) is 1.33. The minimum Gasteiger partial charge on any atom is -0.464 e. The number of nitrogens with zero attached hydrogens (tertiary/aromatic N) is 2. The maximum absolute atomic E-state index is 12.0. The molecule has 0 radical (unpaired) electrons. The molecule has 0 aliphatic rings. The average molecular weight is 353 g/mol. The van der Waals surface area contributed by atoms with Crippen molar-refractivity contribution in [2.75, 3.05) is 7.11 Å². The molecule has 0 spiro atoms. The van der Waals surface area contributed by atoms with Crippen LogP contribution in [0.3, 0.4) is 0 Å². The highest BCUT2D eigenvalue weighted by Crippen LogP contribution is 2.16. The Balaban J connectivity index is 1.68. The van der Waals surface area contributed by atoms with Gasteiger partial charge in [-0.1, -0.05) is 36.4 Å². The van der Waals surface area contributed by atoms with Gasteiger partial charge in [0.2, 0.25) is 0 Å². The fourth-order valence-electron chi connectivity index (χ4n) is 2.52. The van der Waals surface area contributed by atoms with Crippen LogP contribution in [0.1, 0.15) is 34.7 Å². The molecular formula is C19H19N3O4. The molecule has 0 fully saturated rings. The van der Waals surface area contributed by atoms with Crippen LogP contribution < -0.4 is 5.32 Å². The van der Waals surface area contributed by atoms with Crippen LogP contribution in [-0.2, 0) is 16.1 Å². The lowest BCUT2D eigenvalue weighted by atomic mass is 10.2. The summed E-state index contributed by atoms with van der Waals surface area (Å²) in [6.45, 7) is 1.99. The third-order valence-electron chi connectivity index (χ3n) is 3.90. The van der Waals surface area contributed by atoms with Crippen LogP contribution in [0.15, 0.2) is 54.7 Å². The Morgan fingerprint density at radius 1 is 1.15 bits per heavy atom. The zero-order valence-electron chi connectivity index (χ0n) is 14.5. The van der Waals surface area contributed by atoms with Gasteiger partial charge in [0.15, 0.2) is 0 Å². The van der Waals surface area contributed by atoms with Crippen molar-refractivity contribution < 1.29 is 19.1 Å². The number of hydrogen-bond acceptors (Lipinski definition) is 5. The van der Waals surface area contributed by atoms with E-state index in [1.165, 1.54) is 7.11 Å². The van der Waals surface area contributed by atoms with Crippen molar-refractivity contribution in [1.29, 1.82) is 0 Å². The Morgan fingerprint density at radius 2 is 1.92 bits per heavy atom. The van der Waals surface area contributed by atoms with E-state index >= 15 is 0 Å². The van der Waals surface area contributed by atoms with Crippen LogP contribution in [0.5, 0.6) is 0 Å². The molecule has 2 aromatic heterocycles. The number of imidazole rings is 1. The first-order valence-electron chi connectivity index (χ1n) is 8.12. The van der Waals surface area contributed by atoms with Gasteiger partial charge in [-0.3, -0.25) is 4.40 Å². The van der Waals surface area contributed by atoms with Crippen LogP contribution >= 0.6 is 0 Å². The van der Waals surface area contributed by atoms with E-state index in [2.05, 4.69) is 10.3 Å². The van der Waals surface area contributed by atoms with Gasteiger partial charge >= 0.3 is 12.1 Å². The van der Waals surface area contributed by atoms with Crippen LogP contribution in [-0.4, -0.2) is 28.6 Å². The second kappa shape index (κ2) is 7.69. The number of ether oxygens (including phenoxy) is 2. The van der Waals surface area contributed by atoms with Gasteiger partial charge in [0.25, 0.3) is 0 Å². The molecule has 3 aromatic rings. The predicted molar refractivity (Wildman–Crippen MR) is 94.7 cm³/mol. The maximum Gasteiger partial charge on any atom is 0.407 e. The molecule has 0 bridgehead atoms. The largest absolute Gasteiger partial charge is 0.464 e. The number of benzene rings is 1. The number of carbonyl (C=O) groups excluding carboxylic acids is 2. The molecule has 26 heavy (non-hydrogen) atoms. The number of amides is 1. The SMILES string of the molecule is COC(=O)c1cccc2nc([C@H](C)NC(=O)OCc3ccccc3)cn12. The summed E-state index contributed by atoms with van der Waals surface area (Å²) in [5.41, 5.74) is 2.47. The van der Waals surface area contributed by atoms with E-state index in [4.69, 9.17) is 9.47 Å². The third kappa shape index (κ3) is 3.83. The molecule has 7 heteroatoms. The highest BCUT2D eigenvalue weighted by Gasteiger charge is 2.17. The second-order valence-electron chi connectivity index (χ2n) is 5.72. The number of methoxy groups -OCH3 is 1. The standard InChI is InChI=1S/C19H19N3O4/c1-13(20-19(24)26-12-14-7-4-3-5-8-14)15-11-22-16(18(23)25-2)9-6-10-17(22)21-15/h3-11,13H,12H2,1-2H3,(H,20,24)/t13-/m0/s1. The number of alkyl carbamates (subject to hydrolysis) is 1. The summed E-state index contributed by atoms with van der Waals surface area (Å²) in [6.07, 6.45) is 1.16. The monoisotopic (exact) mass is 353 g/mol. The Morgan fingerprint density at radius 3 is 2.65 bits per heavy atom. The number of hydrogen-bond donors (Lipinski definition) is 1. The zero-order valence-corrected chi connectivity index (χ0v) is 14.5. The van der Waals surface area contributed by atoms with Crippen LogP contribution in [0.4, 0.5) is 4.79 Å². The number of carbonyl (C=O) groups is 2. The van der Waals surface area contributed by atoms with Gasteiger partial charge in [0, 0.05) is 6.20 Å². The van der Waals surface area contributed by atoms with E-state index < -0.39 is 12.1 Å². The number of fused-ring (bicyclic) bond motifs is 1. The van der Waals surface area contributed by atoms with Crippen molar-refractivity contribution in [3.63, 3.8) is 0 Å². The Hall–Kier alpha value is -3.35. The first kappa shape index (κ1) is 17.5. The van der Waals surface area contributed by atoms with Crippen LogP contribution in [0, 0.1) is 0 Å². The van der Waals surface area contributed by atoms with E-state index in [0.717, 1.165) is 5.56 Å². The molecule has 0 aliphatic carbocycles. The molecule has 2 heterocycles.